The fourth-order valence-electron chi connectivity index (χ4n) is 2.77. The molecule has 0 radical (unpaired) electrons. The summed E-state index contributed by atoms with van der Waals surface area (Å²) >= 11 is 0. The van der Waals surface area contributed by atoms with Crippen LogP contribution in [0.15, 0.2) is 65.9 Å². The number of aromatic nitrogens is 1. The van der Waals surface area contributed by atoms with E-state index in [2.05, 4.69) is 40.3 Å². The number of benzene rings is 2. The van der Waals surface area contributed by atoms with Gasteiger partial charge in [-0.2, -0.15) is 5.10 Å². The molecule has 4 nitrogen and oxygen atoms in total. The van der Waals surface area contributed by atoms with Gasteiger partial charge in [0.25, 0.3) is 0 Å². The average molecular weight is 319 g/mol. The molecule has 1 amide bonds. The first-order valence-corrected chi connectivity index (χ1v) is 8.21. The molecule has 0 aliphatic heterocycles. The lowest BCUT2D eigenvalue weighted by atomic mass is 10.1. The van der Waals surface area contributed by atoms with Gasteiger partial charge in [0.1, 0.15) is 0 Å². The Morgan fingerprint density at radius 3 is 2.67 bits per heavy atom. The maximum Gasteiger partial charge on any atom is 0.240 e. The van der Waals surface area contributed by atoms with Crippen LogP contribution in [0.1, 0.15) is 24.5 Å². The highest BCUT2D eigenvalue weighted by Gasteiger charge is 2.05. The number of para-hydroxylation sites is 1. The van der Waals surface area contributed by atoms with Crippen molar-refractivity contribution in [2.45, 2.75) is 26.3 Å². The van der Waals surface area contributed by atoms with Gasteiger partial charge in [0.2, 0.25) is 5.91 Å². The van der Waals surface area contributed by atoms with E-state index in [0.29, 0.717) is 6.42 Å². The SMILES string of the molecule is CCn1cc(/C=N\NC(=O)CCc2ccccc2)c2ccccc21. The molecule has 1 aromatic heterocycles. The zero-order valence-electron chi connectivity index (χ0n) is 13.8. The van der Waals surface area contributed by atoms with Crippen LogP contribution in [0.2, 0.25) is 0 Å². The molecule has 0 saturated heterocycles. The van der Waals surface area contributed by atoms with Gasteiger partial charge in [-0.25, -0.2) is 5.43 Å². The third kappa shape index (κ3) is 3.71. The number of hydrogen-bond donors (Lipinski definition) is 1. The zero-order valence-corrected chi connectivity index (χ0v) is 13.8. The summed E-state index contributed by atoms with van der Waals surface area (Å²) in [6, 6.07) is 18.2. The fourth-order valence-corrected chi connectivity index (χ4v) is 2.77. The minimum atomic E-state index is -0.0747. The van der Waals surface area contributed by atoms with Gasteiger partial charge in [-0.15, -0.1) is 0 Å². The molecule has 3 aromatic rings. The summed E-state index contributed by atoms with van der Waals surface area (Å²) in [5.41, 5.74) is 5.96. The van der Waals surface area contributed by atoms with Crippen LogP contribution in [0.25, 0.3) is 10.9 Å². The summed E-state index contributed by atoms with van der Waals surface area (Å²) in [7, 11) is 0. The first kappa shape index (κ1) is 16.0. The molecule has 0 fully saturated rings. The van der Waals surface area contributed by atoms with E-state index >= 15 is 0 Å². The van der Waals surface area contributed by atoms with Gasteiger partial charge in [0, 0.05) is 35.6 Å². The molecule has 1 heterocycles. The van der Waals surface area contributed by atoms with Gasteiger partial charge in [-0.1, -0.05) is 48.5 Å². The average Bonchev–Trinajstić information content (AvgIpc) is 2.99. The zero-order chi connectivity index (χ0) is 16.8. The number of rotatable bonds is 6. The van der Waals surface area contributed by atoms with E-state index < -0.39 is 0 Å². The van der Waals surface area contributed by atoms with E-state index in [-0.39, 0.29) is 5.91 Å². The second kappa shape index (κ2) is 7.59. The summed E-state index contributed by atoms with van der Waals surface area (Å²) in [4.78, 5) is 11.9. The van der Waals surface area contributed by atoms with E-state index in [9.17, 15) is 4.79 Å². The highest BCUT2D eigenvalue weighted by molar-refractivity contribution is 5.99. The molecular weight excluding hydrogens is 298 g/mol. The van der Waals surface area contributed by atoms with Gasteiger partial charge < -0.3 is 4.57 Å². The van der Waals surface area contributed by atoms with Gasteiger partial charge in [-0.05, 0) is 25.0 Å². The number of hydrogen-bond acceptors (Lipinski definition) is 2. The van der Waals surface area contributed by atoms with Crippen molar-refractivity contribution in [3.05, 3.63) is 71.9 Å². The Kier molecular flexibility index (Phi) is 5.06. The number of fused-ring (bicyclic) bond motifs is 1. The molecule has 2 aromatic carbocycles. The lowest BCUT2D eigenvalue weighted by Gasteiger charge is -2.00. The quantitative estimate of drug-likeness (QED) is 0.546. The van der Waals surface area contributed by atoms with Crippen molar-refractivity contribution in [1.29, 1.82) is 0 Å². The molecule has 122 valence electrons. The van der Waals surface area contributed by atoms with Crippen LogP contribution in [0.5, 0.6) is 0 Å². The molecule has 4 heteroatoms. The number of carbonyl (C=O) groups excluding carboxylic acids is 1. The second-order valence-corrected chi connectivity index (χ2v) is 5.67. The first-order valence-electron chi connectivity index (χ1n) is 8.21. The molecule has 0 aliphatic rings. The summed E-state index contributed by atoms with van der Waals surface area (Å²) in [6.45, 7) is 3.01. The number of carbonyl (C=O) groups is 1. The van der Waals surface area contributed by atoms with Crippen molar-refractivity contribution in [3.63, 3.8) is 0 Å². The molecule has 24 heavy (non-hydrogen) atoms. The Balaban J connectivity index is 1.61. The summed E-state index contributed by atoms with van der Waals surface area (Å²) < 4.78 is 2.17. The van der Waals surface area contributed by atoms with Crippen molar-refractivity contribution >= 4 is 23.0 Å². The highest BCUT2D eigenvalue weighted by atomic mass is 16.2. The molecule has 3 rings (SSSR count). The predicted molar refractivity (Wildman–Crippen MR) is 98.1 cm³/mol. The van der Waals surface area contributed by atoms with Crippen molar-refractivity contribution in [1.82, 2.24) is 9.99 Å². The van der Waals surface area contributed by atoms with Gasteiger partial charge >= 0.3 is 0 Å². The maximum atomic E-state index is 11.9. The highest BCUT2D eigenvalue weighted by Crippen LogP contribution is 2.19. The molecule has 0 unspecified atom stereocenters. The number of nitrogens with zero attached hydrogens (tertiary/aromatic N) is 2. The van der Waals surface area contributed by atoms with E-state index in [0.717, 1.165) is 29.5 Å². The number of nitrogens with one attached hydrogen (secondary N) is 1. The lowest BCUT2D eigenvalue weighted by molar-refractivity contribution is -0.121. The minimum absolute atomic E-state index is 0.0747. The van der Waals surface area contributed by atoms with Crippen molar-refractivity contribution < 1.29 is 4.79 Å². The normalized spacial score (nSPS) is 11.2. The molecule has 0 saturated carbocycles. The van der Waals surface area contributed by atoms with Crippen molar-refractivity contribution in [2.24, 2.45) is 5.10 Å². The van der Waals surface area contributed by atoms with Crippen LogP contribution in [-0.2, 0) is 17.8 Å². The van der Waals surface area contributed by atoms with Gasteiger partial charge in [0.15, 0.2) is 0 Å². The van der Waals surface area contributed by atoms with Crippen LogP contribution in [0, 0.1) is 0 Å². The Bertz CT molecular complexity index is 850. The molecule has 0 bridgehead atoms. The van der Waals surface area contributed by atoms with Crippen molar-refractivity contribution in [2.75, 3.05) is 0 Å². The van der Waals surface area contributed by atoms with E-state index in [4.69, 9.17) is 0 Å². The van der Waals surface area contributed by atoms with Crippen LogP contribution < -0.4 is 5.43 Å². The Hall–Kier alpha value is -2.88. The van der Waals surface area contributed by atoms with Crippen LogP contribution >= 0.6 is 0 Å². The minimum Gasteiger partial charge on any atom is -0.347 e. The largest absolute Gasteiger partial charge is 0.347 e. The van der Waals surface area contributed by atoms with Crippen LogP contribution in [0.3, 0.4) is 0 Å². The third-order valence-corrected chi connectivity index (χ3v) is 4.04. The number of hydrazone groups is 1. The van der Waals surface area contributed by atoms with Crippen LogP contribution in [0.4, 0.5) is 0 Å². The number of amides is 1. The predicted octanol–water partition coefficient (Wildman–Crippen LogP) is 3.74. The summed E-state index contributed by atoms with van der Waals surface area (Å²) in [5.74, 6) is -0.0747. The van der Waals surface area contributed by atoms with Gasteiger partial charge in [0.05, 0.1) is 6.21 Å². The summed E-state index contributed by atoms with van der Waals surface area (Å²) in [5, 5.41) is 5.25. The molecule has 0 atom stereocenters. The monoisotopic (exact) mass is 319 g/mol. The van der Waals surface area contributed by atoms with Gasteiger partial charge in [-0.3, -0.25) is 4.79 Å². The van der Waals surface area contributed by atoms with E-state index in [1.54, 1.807) is 6.21 Å². The Morgan fingerprint density at radius 2 is 1.88 bits per heavy atom. The Morgan fingerprint density at radius 1 is 1.12 bits per heavy atom. The fraction of sp³-hybridized carbons (Fsp3) is 0.200. The molecular formula is C20H21N3O. The Labute approximate surface area is 141 Å². The van der Waals surface area contributed by atoms with E-state index in [1.807, 2.05) is 42.5 Å². The standard InChI is InChI=1S/C20H21N3O/c1-2-23-15-17(18-10-6-7-11-19(18)23)14-21-22-20(24)13-12-16-8-4-3-5-9-16/h3-11,14-15H,2,12-13H2,1H3,(H,22,24)/b21-14-. The third-order valence-electron chi connectivity index (χ3n) is 4.04. The van der Waals surface area contributed by atoms with E-state index in [1.165, 1.54) is 5.52 Å². The number of aryl methyl sites for hydroxylation is 2. The maximum absolute atomic E-state index is 11.9. The molecule has 0 spiro atoms. The first-order chi connectivity index (χ1) is 11.8. The second-order valence-electron chi connectivity index (χ2n) is 5.67. The smallest absolute Gasteiger partial charge is 0.240 e. The summed E-state index contributed by atoms with van der Waals surface area (Å²) in [6.07, 6.45) is 4.93. The van der Waals surface area contributed by atoms with Crippen molar-refractivity contribution in [3.8, 4) is 0 Å². The lowest BCUT2D eigenvalue weighted by Crippen LogP contribution is -2.17. The topological polar surface area (TPSA) is 46.4 Å². The molecule has 0 aliphatic carbocycles. The van der Waals surface area contributed by atoms with Crippen LogP contribution in [-0.4, -0.2) is 16.7 Å². The molecule has 1 N–H and O–H groups in total.